The first kappa shape index (κ1) is 18.7. The lowest BCUT2D eigenvalue weighted by Crippen LogP contribution is -2.13. The third kappa shape index (κ3) is 4.48. The van der Waals surface area contributed by atoms with Crippen molar-refractivity contribution in [3.05, 3.63) is 51.8 Å². The summed E-state index contributed by atoms with van der Waals surface area (Å²) in [5, 5.41) is 9.54. The summed E-state index contributed by atoms with van der Waals surface area (Å²) in [6, 6.07) is 5.13. The molecule has 2 rings (SSSR count). The molecule has 25 heavy (non-hydrogen) atoms. The smallest absolute Gasteiger partial charge is 0.333 e. The van der Waals surface area contributed by atoms with Crippen LogP contribution in [0.3, 0.4) is 0 Å². The Morgan fingerprint density at radius 2 is 2.04 bits per heavy atom. The van der Waals surface area contributed by atoms with Gasteiger partial charge in [-0.2, -0.15) is 0 Å². The number of hydrogen-bond donors (Lipinski definition) is 2. The van der Waals surface area contributed by atoms with Crippen LogP contribution in [-0.4, -0.2) is 35.3 Å². The number of carboxylic acids is 1. The number of nitrogens with one attached hydrogen (secondary N) is 1. The second-order valence-electron chi connectivity index (χ2n) is 4.92. The maximum atomic E-state index is 11.7. The fourth-order valence-corrected chi connectivity index (χ4v) is 2.42. The largest absolute Gasteiger partial charge is 0.493 e. The summed E-state index contributed by atoms with van der Waals surface area (Å²) in [6.45, 7) is 1.76. The van der Waals surface area contributed by atoms with Crippen LogP contribution >= 0.6 is 15.9 Å². The van der Waals surface area contributed by atoms with Crippen molar-refractivity contribution in [2.75, 3.05) is 14.2 Å². The van der Waals surface area contributed by atoms with Crippen LogP contribution in [0.2, 0.25) is 0 Å². The molecule has 2 aromatic rings. The molecule has 0 radical (unpaired) electrons. The molecule has 0 bridgehead atoms. The Morgan fingerprint density at radius 1 is 1.32 bits per heavy atom. The summed E-state index contributed by atoms with van der Waals surface area (Å²) < 4.78 is 11.3. The number of halogens is 1. The molecule has 0 atom stereocenters. The van der Waals surface area contributed by atoms with Gasteiger partial charge in [-0.1, -0.05) is 6.92 Å². The molecular formula is C17H18BrN3O4. The van der Waals surface area contributed by atoms with Crippen LogP contribution in [0.25, 0.3) is 5.70 Å². The molecule has 0 fully saturated rings. The Labute approximate surface area is 153 Å². The summed E-state index contributed by atoms with van der Waals surface area (Å²) in [5.41, 5.74) is 1.36. The number of nitrogens with zero attached hydrogens (tertiary/aromatic N) is 2. The Kier molecular flexibility index (Phi) is 6.35. The summed E-state index contributed by atoms with van der Waals surface area (Å²) in [5.74, 6) is 0.00161. The van der Waals surface area contributed by atoms with E-state index in [9.17, 15) is 9.90 Å². The fourth-order valence-electron chi connectivity index (χ4n) is 2.21. The van der Waals surface area contributed by atoms with Gasteiger partial charge in [-0.15, -0.1) is 0 Å². The van der Waals surface area contributed by atoms with Crippen LogP contribution in [0.5, 0.6) is 11.5 Å². The van der Waals surface area contributed by atoms with Crippen LogP contribution in [0.1, 0.15) is 18.9 Å². The standard InChI is InChI=1S/C17H18BrN3O4/c1-4-12(16(22)23)15(21-17-19-8-11(18)9-20-17)10-5-6-13(24-2)14(7-10)25-3/h5-9H,4H2,1-3H3,(H,22,23)(H,19,20,21). The van der Waals surface area contributed by atoms with Gasteiger partial charge in [-0.05, 0) is 40.5 Å². The van der Waals surface area contributed by atoms with Gasteiger partial charge < -0.3 is 19.6 Å². The fraction of sp³-hybridized carbons (Fsp3) is 0.235. The molecule has 0 saturated carbocycles. The molecule has 0 spiro atoms. The van der Waals surface area contributed by atoms with Crippen molar-refractivity contribution in [3.63, 3.8) is 0 Å². The first-order valence-electron chi connectivity index (χ1n) is 7.44. The molecule has 8 heteroatoms. The normalized spacial score (nSPS) is 12.6. The van der Waals surface area contributed by atoms with Crippen molar-refractivity contribution in [1.82, 2.24) is 9.97 Å². The van der Waals surface area contributed by atoms with E-state index < -0.39 is 5.97 Å². The van der Waals surface area contributed by atoms with Gasteiger partial charge in [0.25, 0.3) is 0 Å². The monoisotopic (exact) mass is 407 g/mol. The van der Waals surface area contributed by atoms with Crippen LogP contribution in [0, 0.1) is 0 Å². The van der Waals surface area contributed by atoms with Crippen LogP contribution in [0.4, 0.5) is 0 Å². The quantitative estimate of drug-likeness (QED) is 0.717. The van der Waals surface area contributed by atoms with Crippen LogP contribution in [0.15, 0.2) is 45.6 Å². The predicted molar refractivity (Wildman–Crippen MR) is 96.2 cm³/mol. The molecular weight excluding hydrogens is 390 g/mol. The molecule has 0 aliphatic rings. The number of ether oxygens (including phenoxy) is 2. The first-order chi connectivity index (χ1) is 12.0. The number of methoxy groups -OCH3 is 2. The molecule has 132 valence electrons. The second-order valence-corrected chi connectivity index (χ2v) is 5.84. The highest BCUT2D eigenvalue weighted by atomic mass is 79.9. The van der Waals surface area contributed by atoms with Crippen molar-refractivity contribution in [2.24, 2.45) is 4.99 Å². The van der Waals surface area contributed by atoms with Gasteiger partial charge in [-0.25, -0.2) is 14.8 Å². The number of H-pyrrole nitrogens is 1. The maximum absolute atomic E-state index is 11.7. The topological polar surface area (TPSA) is 96.8 Å². The van der Waals surface area contributed by atoms with Crippen molar-refractivity contribution in [3.8, 4) is 11.5 Å². The molecule has 2 N–H and O–H groups in total. The zero-order chi connectivity index (χ0) is 18.4. The number of carbonyl (C=O) groups is 1. The summed E-state index contributed by atoms with van der Waals surface area (Å²) in [4.78, 5) is 23.1. The van der Waals surface area contributed by atoms with E-state index in [1.54, 1.807) is 37.5 Å². The molecule has 0 unspecified atom stereocenters. The lowest BCUT2D eigenvalue weighted by Gasteiger charge is -2.11. The van der Waals surface area contributed by atoms with Crippen LogP contribution < -0.4 is 15.1 Å². The molecule has 1 aromatic carbocycles. The van der Waals surface area contributed by atoms with E-state index in [0.29, 0.717) is 34.8 Å². The predicted octanol–water partition coefficient (Wildman–Crippen LogP) is 3.00. The molecule has 0 saturated heterocycles. The number of aromatic amines is 1. The Balaban J connectivity index is 2.70. The molecule has 1 aromatic heterocycles. The van der Waals surface area contributed by atoms with Gasteiger partial charge in [-0.3, -0.25) is 0 Å². The average molecular weight is 408 g/mol. The van der Waals surface area contributed by atoms with Gasteiger partial charge >= 0.3 is 5.97 Å². The minimum Gasteiger partial charge on any atom is -0.493 e. The van der Waals surface area contributed by atoms with E-state index in [-0.39, 0.29) is 5.57 Å². The third-order valence-electron chi connectivity index (χ3n) is 3.42. The van der Waals surface area contributed by atoms with Crippen molar-refractivity contribution in [2.45, 2.75) is 13.3 Å². The van der Waals surface area contributed by atoms with Gasteiger partial charge in [0.05, 0.1) is 30.0 Å². The van der Waals surface area contributed by atoms with Crippen molar-refractivity contribution >= 4 is 27.6 Å². The molecule has 1 heterocycles. The Bertz CT molecular complexity index is 854. The summed E-state index contributed by atoms with van der Waals surface area (Å²) in [7, 11) is 3.05. The highest BCUT2D eigenvalue weighted by Crippen LogP contribution is 2.32. The highest BCUT2D eigenvalue weighted by Gasteiger charge is 2.16. The molecule has 7 nitrogen and oxygen atoms in total. The van der Waals surface area contributed by atoms with Crippen LogP contribution in [-0.2, 0) is 4.79 Å². The SMILES string of the molecule is CCC(C(=O)O)=C(N=c1ncc(Br)c[nH]1)c1ccc(OC)c(OC)c1. The second kappa shape index (κ2) is 8.48. The lowest BCUT2D eigenvalue weighted by atomic mass is 10.0. The van der Waals surface area contributed by atoms with Crippen molar-refractivity contribution in [1.29, 1.82) is 0 Å². The zero-order valence-electron chi connectivity index (χ0n) is 14.0. The van der Waals surface area contributed by atoms with E-state index >= 15 is 0 Å². The molecule has 0 amide bonds. The van der Waals surface area contributed by atoms with E-state index in [1.807, 2.05) is 0 Å². The van der Waals surface area contributed by atoms with E-state index in [1.165, 1.54) is 14.2 Å². The van der Waals surface area contributed by atoms with Gasteiger partial charge in [0.2, 0.25) is 5.62 Å². The number of rotatable bonds is 6. The van der Waals surface area contributed by atoms with E-state index in [4.69, 9.17) is 9.47 Å². The number of benzene rings is 1. The number of carboxylic acid groups (broad SMARTS) is 1. The lowest BCUT2D eigenvalue weighted by molar-refractivity contribution is -0.132. The van der Waals surface area contributed by atoms with Gasteiger partial charge in [0.1, 0.15) is 0 Å². The van der Waals surface area contributed by atoms with Gasteiger partial charge in [0, 0.05) is 18.0 Å². The van der Waals surface area contributed by atoms with E-state index in [2.05, 4.69) is 30.9 Å². The van der Waals surface area contributed by atoms with Crippen molar-refractivity contribution < 1.29 is 19.4 Å². The van der Waals surface area contributed by atoms with Gasteiger partial charge in [0.15, 0.2) is 11.5 Å². The number of aliphatic carboxylic acids is 1. The molecule has 0 aliphatic carbocycles. The number of aromatic nitrogens is 2. The minimum absolute atomic E-state index is 0.172. The third-order valence-corrected chi connectivity index (χ3v) is 3.86. The highest BCUT2D eigenvalue weighted by molar-refractivity contribution is 9.10. The number of hydrogen-bond acceptors (Lipinski definition) is 5. The average Bonchev–Trinajstić information content (AvgIpc) is 2.62. The van der Waals surface area contributed by atoms with E-state index in [0.717, 1.165) is 4.47 Å². The minimum atomic E-state index is -1.03. The summed E-state index contributed by atoms with van der Waals surface area (Å²) in [6.07, 6.45) is 3.55. The Hall–Kier alpha value is -2.61. The molecule has 0 aliphatic heterocycles. The zero-order valence-corrected chi connectivity index (χ0v) is 15.6. The first-order valence-corrected chi connectivity index (χ1v) is 8.23. The Morgan fingerprint density at radius 3 is 2.56 bits per heavy atom. The summed E-state index contributed by atoms with van der Waals surface area (Å²) >= 11 is 3.29. The maximum Gasteiger partial charge on any atom is 0.333 e.